The molecule has 24 heavy (non-hydrogen) atoms. The second-order valence-electron chi connectivity index (χ2n) is 5.60. The molecule has 0 aliphatic carbocycles. The van der Waals surface area contributed by atoms with E-state index in [4.69, 9.17) is 9.15 Å². The van der Waals surface area contributed by atoms with Crippen molar-refractivity contribution in [1.29, 1.82) is 0 Å². The lowest BCUT2D eigenvalue weighted by atomic mass is 10.1. The molecule has 3 aromatic rings. The highest BCUT2D eigenvalue weighted by Crippen LogP contribution is 2.23. The number of para-hydroxylation sites is 1. The van der Waals surface area contributed by atoms with Gasteiger partial charge in [0.15, 0.2) is 0 Å². The Kier molecular flexibility index (Phi) is 3.64. The normalized spacial score (nSPS) is 16.7. The molecule has 0 bridgehead atoms. The summed E-state index contributed by atoms with van der Waals surface area (Å²) in [6.45, 7) is 1.37. The molecule has 1 aliphatic rings. The number of nitrogens with zero attached hydrogens (tertiary/aromatic N) is 1. The Morgan fingerprint density at radius 1 is 0.917 bits per heavy atom. The molecule has 1 saturated heterocycles. The third kappa shape index (κ3) is 2.41. The van der Waals surface area contributed by atoms with Gasteiger partial charge in [-0.15, -0.1) is 0 Å². The standard InChI is InChI=1S/C17H15NO5S/c19-17-13-3-1-2-4-15(13)23-16-6-5-12(11-14(16)17)24(20,21)18-7-9-22-10-8-18/h1-6,11H,7-10H2. The van der Waals surface area contributed by atoms with Gasteiger partial charge in [-0.2, -0.15) is 4.31 Å². The van der Waals surface area contributed by atoms with E-state index in [2.05, 4.69) is 0 Å². The largest absolute Gasteiger partial charge is 0.456 e. The average Bonchev–Trinajstić information content (AvgIpc) is 2.62. The van der Waals surface area contributed by atoms with Crippen LogP contribution in [0.1, 0.15) is 0 Å². The second kappa shape index (κ2) is 5.70. The molecule has 1 aromatic heterocycles. The molecule has 1 aliphatic heterocycles. The highest BCUT2D eigenvalue weighted by Gasteiger charge is 2.26. The zero-order valence-electron chi connectivity index (χ0n) is 12.8. The SMILES string of the molecule is O=c1c2ccccc2oc2ccc(S(=O)(=O)N3CCOCC3)cc12. The summed E-state index contributed by atoms with van der Waals surface area (Å²) in [5, 5.41) is 0.703. The summed E-state index contributed by atoms with van der Waals surface area (Å²) < 4.78 is 37.8. The highest BCUT2D eigenvalue weighted by molar-refractivity contribution is 7.89. The molecule has 6 nitrogen and oxygen atoms in total. The van der Waals surface area contributed by atoms with Crippen LogP contribution in [0.25, 0.3) is 21.9 Å². The van der Waals surface area contributed by atoms with E-state index in [1.807, 2.05) is 0 Å². The lowest BCUT2D eigenvalue weighted by Crippen LogP contribution is -2.40. The van der Waals surface area contributed by atoms with Crippen molar-refractivity contribution in [3.05, 3.63) is 52.7 Å². The van der Waals surface area contributed by atoms with Crippen molar-refractivity contribution in [2.45, 2.75) is 4.90 Å². The Balaban J connectivity index is 1.90. The number of rotatable bonds is 2. The van der Waals surface area contributed by atoms with E-state index < -0.39 is 10.0 Å². The molecule has 0 radical (unpaired) electrons. The van der Waals surface area contributed by atoms with Crippen molar-refractivity contribution in [3.8, 4) is 0 Å². The van der Waals surface area contributed by atoms with E-state index >= 15 is 0 Å². The lowest BCUT2D eigenvalue weighted by Gasteiger charge is -2.26. The Morgan fingerprint density at radius 2 is 1.62 bits per heavy atom. The van der Waals surface area contributed by atoms with Crippen LogP contribution in [-0.4, -0.2) is 39.0 Å². The van der Waals surface area contributed by atoms with Crippen LogP contribution in [0.15, 0.2) is 56.6 Å². The quantitative estimate of drug-likeness (QED) is 0.664. The topological polar surface area (TPSA) is 76.8 Å². The third-order valence-electron chi connectivity index (χ3n) is 4.16. The van der Waals surface area contributed by atoms with Gasteiger partial charge in [0.2, 0.25) is 15.5 Å². The summed E-state index contributed by atoms with van der Waals surface area (Å²) in [6, 6.07) is 11.3. The summed E-state index contributed by atoms with van der Waals surface area (Å²) >= 11 is 0. The molecule has 1 fully saturated rings. The molecule has 0 spiro atoms. The molecule has 0 unspecified atom stereocenters. The van der Waals surface area contributed by atoms with Gasteiger partial charge in [-0.1, -0.05) is 12.1 Å². The number of fused-ring (bicyclic) bond motifs is 2. The Hall–Kier alpha value is -2.22. The Morgan fingerprint density at radius 3 is 2.42 bits per heavy atom. The first-order valence-electron chi connectivity index (χ1n) is 7.61. The summed E-state index contributed by atoms with van der Waals surface area (Å²) in [5.74, 6) is 0. The van der Waals surface area contributed by atoms with Crippen LogP contribution < -0.4 is 5.43 Å². The Bertz CT molecular complexity index is 1080. The maximum atomic E-state index is 12.7. The maximum absolute atomic E-state index is 12.7. The van der Waals surface area contributed by atoms with Gasteiger partial charge in [-0.05, 0) is 30.3 Å². The van der Waals surface area contributed by atoms with Crippen LogP contribution in [0, 0.1) is 0 Å². The van der Waals surface area contributed by atoms with Crippen LogP contribution in [0.5, 0.6) is 0 Å². The van der Waals surface area contributed by atoms with E-state index in [0.29, 0.717) is 42.9 Å². The first-order valence-corrected chi connectivity index (χ1v) is 9.05. The van der Waals surface area contributed by atoms with Crippen LogP contribution >= 0.6 is 0 Å². The van der Waals surface area contributed by atoms with E-state index in [0.717, 1.165) is 0 Å². The monoisotopic (exact) mass is 345 g/mol. The molecule has 0 saturated carbocycles. The molecular weight excluding hydrogens is 330 g/mol. The van der Waals surface area contributed by atoms with Gasteiger partial charge in [0.1, 0.15) is 11.2 Å². The zero-order valence-corrected chi connectivity index (χ0v) is 13.6. The van der Waals surface area contributed by atoms with Crippen molar-refractivity contribution in [3.63, 3.8) is 0 Å². The number of benzene rings is 2. The molecule has 7 heteroatoms. The number of hydrogen-bond donors (Lipinski definition) is 0. The molecular formula is C17H15NO5S. The van der Waals surface area contributed by atoms with Crippen molar-refractivity contribution >= 4 is 32.0 Å². The maximum Gasteiger partial charge on any atom is 0.243 e. The van der Waals surface area contributed by atoms with Crippen LogP contribution in [-0.2, 0) is 14.8 Å². The van der Waals surface area contributed by atoms with Crippen LogP contribution in [0.2, 0.25) is 0 Å². The van der Waals surface area contributed by atoms with Gasteiger partial charge in [0.05, 0.1) is 28.9 Å². The van der Waals surface area contributed by atoms with E-state index in [-0.39, 0.29) is 15.7 Å². The number of hydrogen-bond acceptors (Lipinski definition) is 5. The molecule has 2 heterocycles. The smallest absolute Gasteiger partial charge is 0.243 e. The molecule has 0 atom stereocenters. The number of morpholine rings is 1. The molecule has 2 aromatic carbocycles. The van der Waals surface area contributed by atoms with Gasteiger partial charge in [-0.3, -0.25) is 4.79 Å². The summed E-state index contributed by atoms with van der Waals surface area (Å²) in [4.78, 5) is 12.8. The van der Waals surface area contributed by atoms with Gasteiger partial charge >= 0.3 is 0 Å². The van der Waals surface area contributed by atoms with Crippen molar-refractivity contribution in [2.24, 2.45) is 0 Å². The van der Waals surface area contributed by atoms with E-state index in [1.165, 1.54) is 22.5 Å². The fourth-order valence-electron chi connectivity index (χ4n) is 2.88. The van der Waals surface area contributed by atoms with Crippen molar-refractivity contribution in [2.75, 3.05) is 26.3 Å². The third-order valence-corrected chi connectivity index (χ3v) is 6.05. The molecule has 0 amide bonds. The second-order valence-corrected chi connectivity index (χ2v) is 7.54. The first-order chi connectivity index (χ1) is 11.6. The van der Waals surface area contributed by atoms with Gasteiger partial charge in [0, 0.05) is 13.1 Å². The fourth-order valence-corrected chi connectivity index (χ4v) is 4.31. The van der Waals surface area contributed by atoms with Crippen LogP contribution in [0.4, 0.5) is 0 Å². The highest BCUT2D eigenvalue weighted by atomic mass is 32.2. The van der Waals surface area contributed by atoms with E-state index in [9.17, 15) is 13.2 Å². The molecule has 0 N–H and O–H groups in total. The molecule has 124 valence electrons. The van der Waals surface area contributed by atoms with E-state index in [1.54, 1.807) is 24.3 Å². The first kappa shape index (κ1) is 15.3. The summed E-state index contributed by atoms with van der Waals surface area (Å²) in [5.41, 5.74) is 0.629. The predicted molar refractivity (Wildman–Crippen MR) is 89.6 cm³/mol. The van der Waals surface area contributed by atoms with Gasteiger partial charge in [-0.25, -0.2) is 8.42 Å². The minimum absolute atomic E-state index is 0.0967. The van der Waals surface area contributed by atoms with Crippen molar-refractivity contribution in [1.82, 2.24) is 4.31 Å². The van der Waals surface area contributed by atoms with Crippen LogP contribution in [0.3, 0.4) is 0 Å². The summed E-state index contributed by atoms with van der Waals surface area (Å²) in [6.07, 6.45) is 0. The minimum atomic E-state index is -3.65. The van der Waals surface area contributed by atoms with Crippen molar-refractivity contribution < 1.29 is 17.6 Å². The number of ether oxygens (including phenoxy) is 1. The average molecular weight is 345 g/mol. The number of sulfonamides is 1. The van der Waals surface area contributed by atoms with Gasteiger partial charge < -0.3 is 9.15 Å². The van der Waals surface area contributed by atoms with Gasteiger partial charge in [0.25, 0.3) is 0 Å². The summed E-state index contributed by atoms with van der Waals surface area (Å²) in [7, 11) is -3.65. The minimum Gasteiger partial charge on any atom is -0.456 e. The Labute approximate surface area is 138 Å². The predicted octanol–water partition coefficient (Wildman–Crippen LogP) is 1.97. The zero-order chi connectivity index (χ0) is 16.7. The fraction of sp³-hybridized carbons (Fsp3) is 0.235. The lowest BCUT2D eigenvalue weighted by molar-refractivity contribution is 0.0730. The molecule has 4 rings (SSSR count).